The molecule has 4 rings (SSSR count). The highest BCUT2D eigenvalue weighted by Crippen LogP contribution is 2.30. The maximum Gasteiger partial charge on any atom is 0.410 e. The molecule has 0 spiro atoms. The Bertz CT molecular complexity index is 1110. The largest absolute Gasteiger partial charge is 0.444 e. The molecular formula is C28H36N4O3. The maximum atomic E-state index is 12.5. The fraction of sp³-hybridized carbons (Fsp3) is 0.464. The maximum absolute atomic E-state index is 12.5. The number of amides is 2. The first-order chi connectivity index (χ1) is 16.6. The lowest BCUT2D eigenvalue weighted by Crippen LogP contribution is -2.44. The lowest BCUT2D eigenvalue weighted by Gasteiger charge is -2.34. The van der Waals surface area contributed by atoms with E-state index in [0.29, 0.717) is 24.7 Å². The Morgan fingerprint density at radius 3 is 2.37 bits per heavy atom. The number of nitrogens with one attached hydrogen (secondary N) is 3. The van der Waals surface area contributed by atoms with E-state index >= 15 is 0 Å². The van der Waals surface area contributed by atoms with Gasteiger partial charge < -0.3 is 25.7 Å². The van der Waals surface area contributed by atoms with Crippen LogP contribution in [0.1, 0.15) is 67.9 Å². The summed E-state index contributed by atoms with van der Waals surface area (Å²) < 4.78 is 5.49. The molecule has 0 unspecified atom stereocenters. The van der Waals surface area contributed by atoms with Crippen molar-refractivity contribution in [2.45, 2.75) is 71.1 Å². The van der Waals surface area contributed by atoms with Crippen LogP contribution in [-0.4, -0.2) is 53.9 Å². The minimum absolute atomic E-state index is 0.0305. The van der Waals surface area contributed by atoms with Crippen LogP contribution in [0.4, 0.5) is 10.5 Å². The minimum atomic E-state index is -0.494. The first-order valence-corrected chi connectivity index (χ1v) is 12.4. The van der Waals surface area contributed by atoms with Crippen LogP contribution in [-0.2, 0) is 4.74 Å². The quantitative estimate of drug-likeness (QED) is 0.489. The fourth-order valence-corrected chi connectivity index (χ4v) is 4.30. The number of anilines is 1. The van der Waals surface area contributed by atoms with Crippen LogP contribution in [0, 0.1) is 12.3 Å². The molecule has 0 bridgehead atoms. The third kappa shape index (κ3) is 6.41. The molecule has 2 amide bonds. The van der Waals surface area contributed by atoms with Gasteiger partial charge in [-0.15, -0.1) is 0 Å². The van der Waals surface area contributed by atoms with E-state index in [-0.39, 0.29) is 18.0 Å². The number of benzene rings is 2. The highest BCUT2D eigenvalue weighted by Gasteiger charge is 2.27. The third-order valence-electron chi connectivity index (χ3n) is 6.44. The van der Waals surface area contributed by atoms with Crippen LogP contribution in [0.3, 0.4) is 0 Å². The molecule has 1 aliphatic heterocycles. The van der Waals surface area contributed by atoms with Gasteiger partial charge in [-0.2, -0.15) is 0 Å². The zero-order chi connectivity index (χ0) is 25.2. The molecule has 7 heteroatoms. The molecule has 1 saturated carbocycles. The van der Waals surface area contributed by atoms with Crippen LogP contribution in [0.15, 0.2) is 36.4 Å². The molecule has 186 valence electrons. The zero-order valence-corrected chi connectivity index (χ0v) is 21.1. The van der Waals surface area contributed by atoms with E-state index in [1.165, 1.54) is 6.21 Å². The topological polar surface area (TPSA) is 94.5 Å². The van der Waals surface area contributed by atoms with E-state index in [2.05, 4.69) is 10.6 Å². The first-order valence-electron chi connectivity index (χ1n) is 12.4. The number of ether oxygens (including phenoxy) is 1. The molecule has 0 atom stereocenters. The second-order valence-corrected chi connectivity index (χ2v) is 10.6. The third-order valence-corrected chi connectivity index (χ3v) is 6.44. The Balaban J connectivity index is 1.43. The van der Waals surface area contributed by atoms with Gasteiger partial charge in [0.1, 0.15) is 5.60 Å². The monoisotopic (exact) mass is 476 g/mol. The van der Waals surface area contributed by atoms with Crippen molar-refractivity contribution >= 4 is 23.9 Å². The number of rotatable bonds is 6. The van der Waals surface area contributed by atoms with E-state index < -0.39 is 5.60 Å². The molecule has 7 nitrogen and oxygen atoms in total. The van der Waals surface area contributed by atoms with Gasteiger partial charge in [0.2, 0.25) is 0 Å². The van der Waals surface area contributed by atoms with E-state index in [1.807, 2.05) is 64.1 Å². The summed E-state index contributed by atoms with van der Waals surface area (Å²) in [5.74, 6) is -0.0305. The summed E-state index contributed by atoms with van der Waals surface area (Å²) in [6.07, 6.45) is 4.85. The summed E-state index contributed by atoms with van der Waals surface area (Å²) >= 11 is 0. The van der Waals surface area contributed by atoms with E-state index in [9.17, 15) is 9.59 Å². The van der Waals surface area contributed by atoms with Gasteiger partial charge in [0, 0.05) is 48.2 Å². The van der Waals surface area contributed by atoms with Crippen molar-refractivity contribution in [3.05, 3.63) is 53.1 Å². The van der Waals surface area contributed by atoms with Crippen molar-refractivity contribution in [1.29, 1.82) is 5.41 Å². The van der Waals surface area contributed by atoms with Crippen molar-refractivity contribution in [1.82, 2.24) is 10.2 Å². The standard InChI is InChI=1S/C28H36N4O3/c1-18-5-6-20(26(33)31-22-8-9-22)16-24(18)19-7-10-25(21(15-19)17-29)30-23-11-13-32(14-12-23)27(34)35-28(2,3)4/h5-7,10,15-17,22-23,29-30H,8-9,11-14H2,1-4H3,(H,31,33). The molecule has 2 fully saturated rings. The molecule has 35 heavy (non-hydrogen) atoms. The van der Waals surface area contributed by atoms with Crippen LogP contribution in [0.5, 0.6) is 0 Å². The number of piperidine rings is 1. The second-order valence-electron chi connectivity index (χ2n) is 10.6. The molecule has 2 aromatic carbocycles. The Hall–Kier alpha value is -3.35. The molecule has 0 radical (unpaired) electrons. The molecule has 2 aliphatic rings. The Morgan fingerprint density at radius 1 is 1.03 bits per heavy atom. The van der Waals surface area contributed by atoms with Crippen LogP contribution in [0.2, 0.25) is 0 Å². The molecule has 0 aromatic heterocycles. The summed E-state index contributed by atoms with van der Waals surface area (Å²) in [5.41, 5.74) is 4.92. The van der Waals surface area contributed by atoms with E-state index in [4.69, 9.17) is 10.1 Å². The molecule has 1 heterocycles. The van der Waals surface area contributed by atoms with Crippen molar-refractivity contribution in [3.63, 3.8) is 0 Å². The summed E-state index contributed by atoms with van der Waals surface area (Å²) in [6, 6.07) is 12.4. The number of aryl methyl sites for hydroxylation is 1. The van der Waals surface area contributed by atoms with Crippen molar-refractivity contribution in [2.24, 2.45) is 0 Å². The predicted molar refractivity (Wildman–Crippen MR) is 139 cm³/mol. The minimum Gasteiger partial charge on any atom is -0.444 e. The predicted octanol–water partition coefficient (Wildman–Crippen LogP) is 5.36. The molecular weight excluding hydrogens is 440 g/mol. The van der Waals surface area contributed by atoms with Crippen molar-refractivity contribution in [3.8, 4) is 11.1 Å². The number of hydrogen-bond acceptors (Lipinski definition) is 5. The van der Waals surface area contributed by atoms with Gasteiger partial charge in [0.05, 0.1) is 0 Å². The second kappa shape index (κ2) is 10.1. The molecule has 1 saturated heterocycles. The van der Waals surface area contributed by atoms with Gasteiger partial charge in [0.15, 0.2) is 0 Å². The number of carbonyl (C=O) groups is 2. The SMILES string of the molecule is Cc1ccc(C(=O)NC2CC2)cc1-c1ccc(NC2CCN(C(=O)OC(C)(C)C)CC2)c(C=N)c1. The average Bonchev–Trinajstić information content (AvgIpc) is 3.63. The lowest BCUT2D eigenvalue weighted by atomic mass is 9.95. The highest BCUT2D eigenvalue weighted by atomic mass is 16.6. The Morgan fingerprint density at radius 2 is 1.74 bits per heavy atom. The van der Waals surface area contributed by atoms with Gasteiger partial charge in [-0.05, 0) is 94.3 Å². The van der Waals surface area contributed by atoms with Crippen LogP contribution >= 0.6 is 0 Å². The smallest absolute Gasteiger partial charge is 0.410 e. The number of carbonyl (C=O) groups excluding carboxylic acids is 2. The van der Waals surface area contributed by atoms with Gasteiger partial charge in [0.25, 0.3) is 5.91 Å². The fourth-order valence-electron chi connectivity index (χ4n) is 4.30. The summed E-state index contributed by atoms with van der Waals surface area (Å²) in [4.78, 5) is 26.6. The van der Waals surface area contributed by atoms with Crippen molar-refractivity contribution < 1.29 is 14.3 Å². The molecule has 2 aromatic rings. The summed E-state index contributed by atoms with van der Waals surface area (Å²) in [5, 5.41) is 14.6. The summed E-state index contributed by atoms with van der Waals surface area (Å²) in [7, 11) is 0. The van der Waals surface area contributed by atoms with E-state index in [0.717, 1.165) is 53.6 Å². The average molecular weight is 477 g/mol. The summed E-state index contributed by atoms with van der Waals surface area (Å²) in [6.45, 7) is 8.94. The van der Waals surface area contributed by atoms with Crippen LogP contribution < -0.4 is 10.6 Å². The Kier molecular flexibility index (Phi) is 7.15. The molecule has 1 aliphatic carbocycles. The lowest BCUT2D eigenvalue weighted by molar-refractivity contribution is 0.0210. The first kappa shape index (κ1) is 24.8. The Labute approximate surface area is 207 Å². The number of likely N-dealkylation sites (tertiary alicyclic amines) is 1. The number of nitrogens with zero attached hydrogens (tertiary/aromatic N) is 1. The molecule has 3 N–H and O–H groups in total. The van der Waals surface area contributed by atoms with Gasteiger partial charge in [-0.1, -0.05) is 12.1 Å². The van der Waals surface area contributed by atoms with Gasteiger partial charge >= 0.3 is 6.09 Å². The number of hydrogen-bond donors (Lipinski definition) is 3. The van der Waals surface area contributed by atoms with Gasteiger partial charge in [-0.3, -0.25) is 4.79 Å². The van der Waals surface area contributed by atoms with Gasteiger partial charge in [-0.25, -0.2) is 4.79 Å². The van der Waals surface area contributed by atoms with Crippen molar-refractivity contribution in [2.75, 3.05) is 18.4 Å². The normalized spacial score (nSPS) is 16.5. The zero-order valence-electron chi connectivity index (χ0n) is 21.1. The van der Waals surface area contributed by atoms with Crippen LogP contribution in [0.25, 0.3) is 11.1 Å². The highest BCUT2D eigenvalue weighted by molar-refractivity contribution is 5.96. The van der Waals surface area contributed by atoms with E-state index in [1.54, 1.807) is 4.90 Å².